The quantitative estimate of drug-likeness (QED) is 0.635. The maximum Gasteiger partial charge on any atom is 0.416 e. The first-order chi connectivity index (χ1) is 12.2. The molecule has 1 aliphatic rings. The van der Waals surface area contributed by atoms with E-state index in [2.05, 4.69) is 11.9 Å². The number of halogens is 3. The SMILES string of the molecule is C=CCN1C(=O)N[C@@H](c2ccccc2C(F)(F)F)C(C(=O)OCC)=C1C. The Balaban J connectivity index is 2.65. The van der Waals surface area contributed by atoms with Crippen LogP contribution in [0.25, 0.3) is 0 Å². The molecule has 0 spiro atoms. The van der Waals surface area contributed by atoms with Crippen molar-refractivity contribution in [1.82, 2.24) is 10.2 Å². The number of nitrogens with one attached hydrogen (secondary N) is 1. The number of carbonyl (C=O) groups is 2. The molecule has 0 saturated heterocycles. The number of hydrogen-bond acceptors (Lipinski definition) is 3. The molecule has 0 saturated carbocycles. The van der Waals surface area contributed by atoms with Crippen molar-refractivity contribution in [3.8, 4) is 0 Å². The standard InChI is InChI=1S/C18H19F3N2O3/c1-4-10-23-11(3)14(16(24)26-5-2)15(22-17(23)25)12-8-6-7-9-13(12)18(19,20)21/h4,6-9,15H,1,5,10H2,2-3H3,(H,22,25)/t15-/m0/s1. The van der Waals surface area contributed by atoms with Gasteiger partial charge in [-0.15, -0.1) is 6.58 Å². The molecule has 26 heavy (non-hydrogen) atoms. The Kier molecular flexibility index (Phi) is 5.74. The van der Waals surface area contributed by atoms with E-state index in [1.165, 1.54) is 36.1 Å². The Labute approximate surface area is 149 Å². The summed E-state index contributed by atoms with van der Waals surface area (Å²) in [5.41, 5.74) is -0.940. The van der Waals surface area contributed by atoms with Gasteiger partial charge in [-0.25, -0.2) is 9.59 Å². The number of esters is 1. The first kappa shape index (κ1) is 19.6. The van der Waals surface area contributed by atoms with Gasteiger partial charge < -0.3 is 10.1 Å². The van der Waals surface area contributed by atoms with E-state index in [0.29, 0.717) is 0 Å². The van der Waals surface area contributed by atoms with Crippen molar-refractivity contribution in [2.24, 2.45) is 0 Å². The summed E-state index contributed by atoms with van der Waals surface area (Å²) in [5.74, 6) is -0.777. The number of urea groups is 1. The van der Waals surface area contributed by atoms with Crippen LogP contribution in [-0.2, 0) is 15.7 Å². The van der Waals surface area contributed by atoms with E-state index in [4.69, 9.17) is 4.74 Å². The summed E-state index contributed by atoms with van der Waals surface area (Å²) < 4.78 is 45.2. The van der Waals surface area contributed by atoms with Crippen LogP contribution in [0.3, 0.4) is 0 Å². The highest BCUT2D eigenvalue weighted by atomic mass is 19.4. The van der Waals surface area contributed by atoms with Crippen molar-refractivity contribution in [1.29, 1.82) is 0 Å². The van der Waals surface area contributed by atoms with Crippen molar-refractivity contribution in [2.75, 3.05) is 13.2 Å². The summed E-state index contributed by atoms with van der Waals surface area (Å²) in [6, 6.07) is 2.95. The number of hydrogen-bond donors (Lipinski definition) is 1. The molecular formula is C18H19F3N2O3. The van der Waals surface area contributed by atoms with Crippen LogP contribution in [0.5, 0.6) is 0 Å². The van der Waals surface area contributed by atoms with Crippen molar-refractivity contribution in [3.63, 3.8) is 0 Å². The van der Waals surface area contributed by atoms with E-state index in [1.807, 2.05) is 0 Å². The summed E-state index contributed by atoms with van der Waals surface area (Å²) in [6.07, 6.45) is -3.18. The molecule has 1 aliphatic heterocycles. The smallest absolute Gasteiger partial charge is 0.416 e. The number of alkyl halides is 3. The largest absolute Gasteiger partial charge is 0.463 e. The Morgan fingerprint density at radius 3 is 2.62 bits per heavy atom. The van der Waals surface area contributed by atoms with Gasteiger partial charge in [0.2, 0.25) is 0 Å². The third-order valence-electron chi connectivity index (χ3n) is 3.98. The summed E-state index contributed by atoms with van der Waals surface area (Å²) in [5, 5.41) is 2.48. The van der Waals surface area contributed by atoms with Gasteiger partial charge in [0.25, 0.3) is 0 Å². The average Bonchev–Trinajstić information content (AvgIpc) is 2.57. The predicted octanol–water partition coefficient (Wildman–Crippen LogP) is 3.79. The molecule has 1 N–H and O–H groups in total. The third kappa shape index (κ3) is 3.74. The van der Waals surface area contributed by atoms with Crippen LogP contribution >= 0.6 is 0 Å². The molecule has 2 rings (SSSR count). The van der Waals surface area contributed by atoms with E-state index in [0.717, 1.165) is 6.07 Å². The van der Waals surface area contributed by atoms with Gasteiger partial charge >= 0.3 is 18.2 Å². The number of rotatable bonds is 5. The van der Waals surface area contributed by atoms with Gasteiger partial charge in [-0.1, -0.05) is 24.3 Å². The fraction of sp³-hybridized carbons (Fsp3) is 0.333. The van der Waals surface area contributed by atoms with Crippen LogP contribution in [-0.4, -0.2) is 30.1 Å². The summed E-state index contributed by atoms with van der Waals surface area (Å²) in [6.45, 7) is 6.79. The minimum atomic E-state index is -4.63. The van der Waals surface area contributed by atoms with Gasteiger partial charge in [-0.2, -0.15) is 13.2 Å². The molecule has 0 bridgehead atoms. The Morgan fingerprint density at radius 2 is 2.04 bits per heavy atom. The summed E-state index contributed by atoms with van der Waals surface area (Å²) in [7, 11) is 0. The molecule has 0 aromatic heterocycles. The maximum atomic E-state index is 13.4. The zero-order chi connectivity index (χ0) is 19.5. The molecular weight excluding hydrogens is 349 g/mol. The highest BCUT2D eigenvalue weighted by Gasteiger charge is 2.41. The van der Waals surface area contributed by atoms with E-state index >= 15 is 0 Å². The topological polar surface area (TPSA) is 58.6 Å². The van der Waals surface area contributed by atoms with Crippen molar-refractivity contribution >= 4 is 12.0 Å². The van der Waals surface area contributed by atoms with Gasteiger partial charge in [0.15, 0.2) is 0 Å². The lowest BCUT2D eigenvalue weighted by Gasteiger charge is -2.35. The number of benzene rings is 1. The Morgan fingerprint density at radius 1 is 1.38 bits per heavy atom. The van der Waals surface area contributed by atoms with Crippen LogP contribution in [0.2, 0.25) is 0 Å². The van der Waals surface area contributed by atoms with E-state index in [1.54, 1.807) is 6.92 Å². The lowest BCUT2D eigenvalue weighted by atomic mass is 9.91. The second kappa shape index (κ2) is 7.63. The van der Waals surface area contributed by atoms with Crippen LogP contribution in [0.4, 0.5) is 18.0 Å². The van der Waals surface area contributed by atoms with Crippen molar-refractivity contribution in [2.45, 2.75) is 26.1 Å². The predicted molar refractivity (Wildman–Crippen MR) is 89.0 cm³/mol. The second-order valence-electron chi connectivity index (χ2n) is 5.59. The molecule has 1 aromatic rings. The van der Waals surface area contributed by atoms with Crippen LogP contribution in [0, 0.1) is 0 Å². The zero-order valence-corrected chi connectivity index (χ0v) is 14.4. The molecule has 2 amide bonds. The van der Waals surface area contributed by atoms with Gasteiger partial charge in [0, 0.05) is 12.2 Å². The highest BCUT2D eigenvalue weighted by Crippen LogP contribution is 2.39. The first-order valence-corrected chi connectivity index (χ1v) is 7.95. The number of ether oxygens (including phenoxy) is 1. The molecule has 1 aromatic carbocycles. The molecule has 0 fully saturated rings. The van der Waals surface area contributed by atoms with Gasteiger partial charge in [-0.05, 0) is 25.5 Å². The van der Waals surface area contributed by atoms with Crippen molar-refractivity contribution < 1.29 is 27.5 Å². The number of nitrogens with zero attached hydrogens (tertiary/aromatic N) is 1. The van der Waals surface area contributed by atoms with Crippen molar-refractivity contribution in [3.05, 3.63) is 59.3 Å². The molecule has 140 valence electrons. The van der Waals surface area contributed by atoms with Gasteiger partial charge in [0.05, 0.1) is 23.8 Å². The van der Waals surface area contributed by atoms with Gasteiger partial charge in [0.1, 0.15) is 0 Å². The Hall–Kier alpha value is -2.77. The average molecular weight is 368 g/mol. The summed E-state index contributed by atoms with van der Waals surface area (Å²) in [4.78, 5) is 26.0. The lowest BCUT2D eigenvalue weighted by Crippen LogP contribution is -2.48. The molecule has 1 heterocycles. The normalized spacial score (nSPS) is 17.8. The van der Waals surface area contributed by atoms with E-state index < -0.39 is 29.8 Å². The zero-order valence-electron chi connectivity index (χ0n) is 14.4. The van der Waals surface area contributed by atoms with Crippen LogP contribution in [0.1, 0.15) is 31.0 Å². The molecule has 8 heteroatoms. The maximum absolute atomic E-state index is 13.4. The minimum absolute atomic E-state index is 0.0370. The highest BCUT2D eigenvalue weighted by molar-refractivity contribution is 5.95. The first-order valence-electron chi connectivity index (χ1n) is 7.95. The molecule has 5 nitrogen and oxygen atoms in total. The fourth-order valence-electron chi connectivity index (χ4n) is 2.84. The van der Waals surface area contributed by atoms with E-state index in [9.17, 15) is 22.8 Å². The molecule has 0 unspecified atom stereocenters. The monoisotopic (exact) mass is 368 g/mol. The van der Waals surface area contributed by atoms with E-state index in [-0.39, 0.29) is 30.0 Å². The van der Waals surface area contributed by atoms with Crippen LogP contribution < -0.4 is 5.32 Å². The van der Waals surface area contributed by atoms with Crippen LogP contribution in [0.15, 0.2) is 48.2 Å². The minimum Gasteiger partial charge on any atom is -0.463 e. The summed E-state index contributed by atoms with van der Waals surface area (Å²) >= 11 is 0. The molecule has 0 aliphatic carbocycles. The lowest BCUT2D eigenvalue weighted by molar-refractivity contribution is -0.141. The number of carbonyl (C=O) groups excluding carboxylic acids is 2. The fourth-order valence-corrected chi connectivity index (χ4v) is 2.84. The third-order valence-corrected chi connectivity index (χ3v) is 3.98. The molecule has 1 atom stereocenters. The Bertz CT molecular complexity index is 756. The number of allylic oxidation sites excluding steroid dienone is 1. The second-order valence-corrected chi connectivity index (χ2v) is 5.59. The van der Waals surface area contributed by atoms with Gasteiger partial charge in [-0.3, -0.25) is 4.90 Å². The molecule has 0 radical (unpaired) electrons. The number of amides is 2.